The van der Waals surface area contributed by atoms with Gasteiger partial charge >= 0.3 is 5.97 Å². The largest absolute Gasteiger partial charge is 0.756 e. The molecule has 0 amide bonds. The topological polar surface area (TPSA) is 94.1 Å². The summed E-state index contributed by atoms with van der Waals surface area (Å²) in [6.45, 7) is 4.42. The van der Waals surface area contributed by atoms with Crippen LogP contribution in [0.15, 0.2) is 0 Å². The van der Waals surface area contributed by atoms with Crippen molar-refractivity contribution in [1.82, 2.24) is 0 Å². The summed E-state index contributed by atoms with van der Waals surface area (Å²) >= 11 is 0. The standard InChI is InChI=1S/C29H60NO7P/c1-6-7-8-9-10-11-12-13-14-15-16-17-18-19-20-21-22-24-34-26-29(37-28(2)31)27-36-38(32,33)35-25-23-30(3,4)5/h29H,6-27H2,1-5H3/t29-/m1/s1. The van der Waals surface area contributed by atoms with Crippen molar-refractivity contribution >= 4 is 13.8 Å². The Balaban J connectivity index is 3.68. The second-order valence-corrected chi connectivity index (χ2v) is 13.0. The number of hydrogen-bond donors (Lipinski definition) is 0. The van der Waals surface area contributed by atoms with Crippen LogP contribution >= 0.6 is 7.82 Å². The Morgan fingerprint density at radius 2 is 1.16 bits per heavy atom. The molecule has 0 saturated carbocycles. The molecule has 2 atom stereocenters. The van der Waals surface area contributed by atoms with E-state index in [-0.39, 0.29) is 19.8 Å². The summed E-state index contributed by atoms with van der Waals surface area (Å²) in [7, 11) is 1.35. The van der Waals surface area contributed by atoms with Gasteiger partial charge in [-0.3, -0.25) is 9.36 Å². The third-order valence-corrected chi connectivity index (χ3v) is 7.42. The summed E-state index contributed by atoms with van der Waals surface area (Å²) in [6.07, 6.45) is 21.7. The maximum absolute atomic E-state index is 12.0. The van der Waals surface area contributed by atoms with E-state index >= 15 is 0 Å². The van der Waals surface area contributed by atoms with Crippen LogP contribution in [0.2, 0.25) is 0 Å². The van der Waals surface area contributed by atoms with E-state index in [1.165, 1.54) is 103 Å². The first-order valence-electron chi connectivity index (χ1n) is 15.2. The molecule has 0 saturated heterocycles. The molecule has 0 N–H and O–H groups in total. The second kappa shape index (κ2) is 24.3. The lowest BCUT2D eigenvalue weighted by molar-refractivity contribution is -0.870. The van der Waals surface area contributed by atoms with Crippen LogP contribution in [-0.2, 0) is 27.9 Å². The number of phosphoric ester groups is 1. The first-order chi connectivity index (χ1) is 18.1. The number of rotatable bonds is 28. The molecule has 0 aliphatic heterocycles. The van der Waals surface area contributed by atoms with Gasteiger partial charge in [-0.05, 0) is 6.42 Å². The Morgan fingerprint density at radius 3 is 1.58 bits per heavy atom. The highest BCUT2D eigenvalue weighted by Gasteiger charge is 2.19. The molecular weight excluding hydrogens is 505 g/mol. The van der Waals surface area contributed by atoms with E-state index in [0.717, 1.165) is 12.8 Å². The monoisotopic (exact) mass is 565 g/mol. The highest BCUT2D eigenvalue weighted by atomic mass is 31.2. The van der Waals surface area contributed by atoms with Crippen LogP contribution in [0.25, 0.3) is 0 Å². The molecule has 1 unspecified atom stereocenters. The molecule has 0 aliphatic rings. The van der Waals surface area contributed by atoms with Crippen molar-refractivity contribution in [2.24, 2.45) is 0 Å². The summed E-state index contributed by atoms with van der Waals surface area (Å²) in [5, 5.41) is 0. The lowest BCUT2D eigenvalue weighted by Crippen LogP contribution is -2.37. The minimum atomic E-state index is -4.46. The fourth-order valence-electron chi connectivity index (χ4n) is 4.13. The average Bonchev–Trinajstić information content (AvgIpc) is 2.82. The second-order valence-electron chi connectivity index (χ2n) is 11.6. The molecule has 0 aromatic heterocycles. The van der Waals surface area contributed by atoms with Gasteiger partial charge in [0.15, 0.2) is 0 Å². The van der Waals surface area contributed by atoms with E-state index in [1.54, 1.807) is 0 Å². The molecule has 0 fully saturated rings. The number of phosphoric acid groups is 1. The number of carbonyl (C=O) groups excluding carboxylic acids is 1. The van der Waals surface area contributed by atoms with Gasteiger partial charge in [0.2, 0.25) is 0 Å². The zero-order valence-corrected chi connectivity index (χ0v) is 26.3. The van der Waals surface area contributed by atoms with Crippen LogP contribution in [-0.4, -0.2) is 70.7 Å². The van der Waals surface area contributed by atoms with E-state index in [4.69, 9.17) is 18.5 Å². The van der Waals surface area contributed by atoms with E-state index in [0.29, 0.717) is 17.6 Å². The van der Waals surface area contributed by atoms with E-state index < -0.39 is 19.9 Å². The van der Waals surface area contributed by atoms with Crippen molar-refractivity contribution in [3.63, 3.8) is 0 Å². The molecule has 0 spiro atoms. The number of unbranched alkanes of at least 4 members (excludes halogenated alkanes) is 16. The minimum Gasteiger partial charge on any atom is -0.756 e. The van der Waals surface area contributed by atoms with Crippen LogP contribution in [0.3, 0.4) is 0 Å². The average molecular weight is 566 g/mol. The van der Waals surface area contributed by atoms with Gasteiger partial charge in [0, 0.05) is 13.5 Å². The summed E-state index contributed by atoms with van der Waals surface area (Å²) < 4.78 is 33.1. The van der Waals surface area contributed by atoms with Crippen molar-refractivity contribution in [2.45, 2.75) is 129 Å². The van der Waals surface area contributed by atoms with Crippen LogP contribution in [0.4, 0.5) is 0 Å². The van der Waals surface area contributed by atoms with Crippen molar-refractivity contribution in [2.75, 3.05) is 54.1 Å². The van der Waals surface area contributed by atoms with Gasteiger partial charge in [0.25, 0.3) is 7.82 Å². The first-order valence-corrected chi connectivity index (χ1v) is 16.7. The van der Waals surface area contributed by atoms with Crippen molar-refractivity contribution < 1.29 is 37.3 Å². The van der Waals surface area contributed by atoms with Crippen molar-refractivity contribution in [1.29, 1.82) is 0 Å². The van der Waals surface area contributed by atoms with Gasteiger partial charge in [-0.15, -0.1) is 0 Å². The summed E-state index contributed by atoms with van der Waals surface area (Å²) in [5.41, 5.74) is 0. The Morgan fingerprint density at radius 1 is 0.711 bits per heavy atom. The van der Waals surface area contributed by atoms with Gasteiger partial charge in [-0.1, -0.05) is 110 Å². The molecule has 0 bridgehead atoms. The SMILES string of the molecule is CCCCCCCCCCCCCCCCCCCOC[C@H](COP(=O)([O-])OCC[N+](C)(C)C)OC(C)=O. The number of carbonyl (C=O) groups is 1. The number of ether oxygens (including phenoxy) is 2. The predicted octanol–water partition coefficient (Wildman–Crippen LogP) is 6.79. The highest BCUT2D eigenvalue weighted by Crippen LogP contribution is 2.38. The third-order valence-electron chi connectivity index (χ3n) is 6.46. The van der Waals surface area contributed by atoms with Crippen LogP contribution in [0.5, 0.6) is 0 Å². The maximum atomic E-state index is 12.0. The molecule has 0 aliphatic carbocycles. The first kappa shape index (κ1) is 37.5. The number of esters is 1. The normalized spacial score (nSPS) is 14.4. The molecule has 0 aromatic rings. The van der Waals surface area contributed by atoms with Gasteiger partial charge in [-0.2, -0.15) is 0 Å². The Bertz CT molecular complexity index is 598. The van der Waals surface area contributed by atoms with Crippen LogP contribution in [0, 0.1) is 0 Å². The minimum absolute atomic E-state index is 0.0261. The Labute approximate surface area is 234 Å². The van der Waals surface area contributed by atoms with Crippen molar-refractivity contribution in [3.05, 3.63) is 0 Å². The molecule has 38 heavy (non-hydrogen) atoms. The van der Waals surface area contributed by atoms with Gasteiger partial charge in [0.1, 0.15) is 19.3 Å². The maximum Gasteiger partial charge on any atom is 0.303 e. The zero-order chi connectivity index (χ0) is 28.5. The van der Waals surface area contributed by atoms with E-state index in [1.807, 2.05) is 21.1 Å². The molecule has 228 valence electrons. The quantitative estimate of drug-likeness (QED) is 0.0446. The third kappa shape index (κ3) is 28.5. The molecular formula is C29H60NO7P. The van der Waals surface area contributed by atoms with Gasteiger partial charge in [0.05, 0.1) is 34.4 Å². The van der Waals surface area contributed by atoms with E-state index in [9.17, 15) is 14.3 Å². The zero-order valence-electron chi connectivity index (χ0n) is 25.4. The van der Waals surface area contributed by atoms with Gasteiger partial charge in [-0.25, -0.2) is 0 Å². The molecule has 9 heteroatoms. The lowest BCUT2D eigenvalue weighted by atomic mass is 10.0. The predicted molar refractivity (Wildman–Crippen MR) is 153 cm³/mol. The number of quaternary nitrogens is 1. The molecule has 0 heterocycles. The molecule has 8 nitrogen and oxygen atoms in total. The fraction of sp³-hybridized carbons (Fsp3) is 0.966. The van der Waals surface area contributed by atoms with Gasteiger partial charge < -0.3 is 27.9 Å². The Kier molecular flexibility index (Phi) is 24.0. The molecule has 0 radical (unpaired) electrons. The summed E-state index contributed by atoms with van der Waals surface area (Å²) in [4.78, 5) is 23.3. The summed E-state index contributed by atoms with van der Waals surface area (Å²) in [5.74, 6) is -0.508. The molecule has 0 aromatic carbocycles. The summed E-state index contributed by atoms with van der Waals surface area (Å²) in [6, 6.07) is 0. The molecule has 0 rings (SSSR count). The number of nitrogens with zero attached hydrogens (tertiary/aromatic N) is 1. The van der Waals surface area contributed by atoms with Crippen LogP contribution < -0.4 is 4.89 Å². The number of likely N-dealkylation sites (N-methyl/N-ethyl adjacent to an activating group) is 1. The van der Waals surface area contributed by atoms with E-state index in [2.05, 4.69) is 6.92 Å². The van der Waals surface area contributed by atoms with Crippen molar-refractivity contribution in [3.8, 4) is 0 Å². The smallest absolute Gasteiger partial charge is 0.303 e. The Hall–Kier alpha value is -0.500. The number of hydrogen-bond acceptors (Lipinski definition) is 7. The fourth-order valence-corrected chi connectivity index (χ4v) is 4.86. The van der Waals surface area contributed by atoms with Crippen LogP contribution in [0.1, 0.15) is 123 Å². The highest BCUT2D eigenvalue weighted by molar-refractivity contribution is 7.45. The lowest BCUT2D eigenvalue weighted by Gasteiger charge is -2.28.